The number of fused-ring (bicyclic) bond motifs is 3. The van der Waals surface area contributed by atoms with Crippen LogP contribution in [-0.2, 0) is 15.0 Å². The van der Waals surface area contributed by atoms with Gasteiger partial charge in [-0.25, -0.2) is 0 Å². The molecular formula is C28H31BrN4O3. The average Bonchev–Trinajstić information content (AvgIpc) is 3.52. The molecule has 2 amide bonds. The highest BCUT2D eigenvalue weighted by atomic mass is 79.9. The number of carbonyl (C=O) groups excluding carboxylic acids is 2. The summed E-state index contributed by atoms with van der Waals surface area (Å²) >= 11 is 3.74. The van der Waals surface area contributed by atoms with Crippen molar-refractivity contribution in [3.05, 3.63) is 52.6 Å². The minimum atomic E-state index is -0.620. The average molecular weight is 551 g/mol. The van der Waals surface area contributed by atoms with Gasteiger partial charge in [0, 0.05) is 33.2 Å². The lowest BCUT2D eigenvalue weighted by Gasteiger charge is -2.37. The Bertz CT molecular complexity index is 1340. The summed E-state index contributed by atoms with van der Waals surface area (Å²) in [6.07, 6.45) is 6.78. The fraction of sp³-hybridized carbons (Fsp3) is 0.464. The van der Waals surface area contributed by atoms with Crippen molar-refractivity contribution in [1.82, 2.24) is 15.1 Å². The Morgan fingerprint density at radius 3 is 2.75 bits per heavy atom. The molecule has 1 saturated carbocycles. The normalized spacial score (nSPS) is 25.1. The van der Waals surface area contributed by atoms with Crippen LogP contribution in [0.2, 0.25) is 0 Å². The lowest BCUT2D eigenvalue weighted by molar-refractivity contribution is -0.135. The van der Waals surface area contributed by atoms with Gasteiger partial charge in [0.25, 0.3) is 0 Å². The van der Waals surface area contributed by atoms with Crippen LogP contribution in [0.3, 0.4) is 0 Å². The van der Waals surface area contributed by atoms with E-state index >= 15 is 0 Å². The van der Waals surface area contributed by atoms with Gasteiger partial charge in [0.15, 0.2) is 0 Å². The van der Waals surface area contributed by atoms with Gasteiger partial charge in [-0.2, -0.15) is 5.10 Å². The van der Waals surface area contributed by atoms with E-state index in [2.05, 4.69) is 40.0 Å². The summed E-state index contributed by atoms with van der Waals surface area (Å²) in [6, 6.07) is 11.9. The third-order valence-corrected chi connectivity index (χ3v) is 9.07. The molecule has 188 valence electrons. The Kier molecular flexibility index (Phi) is 5.63. The summed E-state index contributed by atoms with van der Waals surface area (Å²) in [5.74, 6) is 0.901. The van der Waals surface area contributed by atoms with E-state index in [1.807, 2.05) is 41.3 Å². The Balaban J connectivity index is 1.23. The summed E-state index contributed by atoms with van der Waals surface area (Å²) < 4.78 is 7.27. The van der Waals surface area contributed by atoms with Gasteiger partial charge in [-0.05, 0) is 82.7 Å². The molecule has 0 radical (unpaired) electrons. The zero-order valence-electron chi connectivity index (χ0n) is 20.7. The van der Waals surface area contributed by atoms with Crippen LogP contribution in [0.5, 0.6) is 5.75 Å². The van der Waals surface area contributed by atoms with E-state index in [9.17, 15) is 9.59 Å². The quantitative estimate of drug-likeness (QED) is 0.476. The van der Waals surface area contributed by atoms with E-state index in [-0.39, 0.29) is 30.0 Å². The minimum absolute atomic E-state index is 0.0282. The molecule has 0 atom stereocenters. The molecule has 36 heavy (non-hydrogen) atoms. The number of nitrogens with zero attached hydrogens (tertiary/aromatic N) is 3. The van der Waals surface area contributed by atoms with Crippen molar-refractivity contribution in [3.8, 4) is 5.75 Å². The summed E-state index contributed by atoms with van der Waals surface area (Å²) in [4.78, 5) is 31.1. The highest BCUT2D eigenvalue weighted by Gasteiger charge is 2.54. The van der Waals surface area contributed by atoms with Crippen molar-refractivity contribution in [2.75, 3.05) is 18.0 Å². The lowest BCUT2D eigenvalue weighted by Crippen LogP contribution is -2.50. The number of aromatic amines is 1. The van der Waals surface area contributed by atoms with Crippen LogP contribution < -0.4 is 9.64 Å². The number of hydrogen-bond donors (Lipinski definition) is 1. The summed E-state index contributed by atoms with van der Waals surface area (Å²) in [5.41, 5.74) is 2.10. The van der Waals surface area contributed by atoms with Gasteiger partial charge < -0.3 is 14.5 Å². The number of anilines is 1. The number of amides is 2. The molecule has 2 aliphatic heterocycles. The predicted molar refractivity (Wildman–Crippen MR) is 142 cm³/mol. The number of likely N-dealkylation sites (tertiary alicyclic amines) is 1. The predicted octanol–water partition coefficient (Wildman–Crippen LogP) is 5.33. The van der Waals surface area contributed by atoms with Gasteiger partial charge in [0.1, 0.15) is 12.3 Å². The van der Waals surface area contributed by atoms with E-state index in [1.54, 1.807) is 11.1 Å². The third kappa shape index (κ3) is 3.72. The second-order valence-electron chi connectivity index (χ2n) is 11.0. The van der Waals surface area contributed by atoms with Gasteiger partial charge in [-0.1, -0.05) is 22.0 Å². The topological polar surface area (TPSA) is 78.5 Å². The van der Waals surface area contributed by atoms with Crippen molar-refractivity contribution in [3.63, 3.8) is 0 Å². The molecule has 3 aliphatic rings. The molecule has 1 aromatic heterocycles. The van der Waals surface area contributed by atoms with Crippen molar-refractivity contribution < 1.29 is 14.3 Å². The fourth-order valence-electron chi connectivity index (χ4n) is 6.49. The van der Waals surface area contributed by atoms with E-state index in [4.69, 9.17) is 4.74 Å². The van der Waals surface area contributed by atoms with E-state index in [0.717, 1.165) is 64.6 Å². The molecule has 1 N–H and O–H groups in total. The molecule has 8 heteroatoms. The SMILES string of the molecule is CC1(C)CCCN1C(=O)CN1C(=O)C2(CCC(Oc3ccc4[nH]ncc4c3)CC2)c2c(Br)cccc21. The van der Waals surface area contributed by atoms with Crippen molar-refractivity contribution in [2.45, 2.75) is 69.4 Å². The largest absolute Gasteiger partial charge is 0.490 e. The standard InChI is InChI=1S/C28H31BrN4O3/c1-27(2)11-4-14-33(27)24(34)17-32-23-6-3-5-21(29)25(23)28(26(32)35)12-9-19(10-13-28)36-20-7-8-22-18(15-20)16-30-31-22/h3,5-8,15-16,19H,4,9-14,17H2,1-2H3,(H,30,31). The van der Waals surface area contributed by atoms with Gasteiger partial charge in [0.2, 0.25) is 11.8 Å². The molecule has 2 aromatic carbocycles. The molecule has 1 spiro atoms. The van der Waals surface area contributed by atoms with Crippen molar-refractivity contribution in [1.29, 1.82) is 0 Å². The molecule has 1 aliphatic carbocycles. The Morgan fingerprint density at radius 2 is 2.00 bits per heavy atom. The second-order valence-corrected chi connectivity index (χ2v) is 11.9. The number of aromatic nitrogens is 2. The number of carbonyl (C=O) groups is 2. The molecule has 0 unspecified atom stereocenters. The maximum atomic E-state index is 14.1. The monoisotopic (exact) mass is 550 g/mol. The summed E-state index contributed by atoms with van der Waals surface area (Å²) in [5, 5.41) is 8.06. The second kappa shape index (κ2) is 8.61. The van der Waals surface area contributed by atoms with Gasteiger partial charge in [-0.3, -0.25) is 14.7 Å². The summed E-state index contributed by atoms with van der Waals surface area (Å²) in [7, 11) is 0. The van der Waals surface area contributed by atoms with Crippen LogP contribution in [0.4, 0.5) is 5.69 Å². The number of ether oxygens (including phenoxy) is 1. The van der Waals surface area contributed by atoms with E-state index in [1.165, 1.54) is 0 Å². The smallest absolute Gasteiger partial charge is 0.243 e. The first-order chi connectivity index (χ1) is 17.3. The minimum Gasteiger partial charge on any atom is -0.490 e. The Morgan fingerprint density at radius 1 is 1.19 bits per heavy atom. The maximum Gasteiger partial charge on any atom is 0.243 e. The highest BCUT2D eigenvalue weighted by Crippen LogP contribution is 2.53. The number of nitrogens with one attached hydrogen (secondary N) is 1. The first-order valence-electron chi connectivity index (χ1n) is 12.8. The van der Waals surface area contributed by atoms with Gasteiger partial charge >= 0.3 is 0 Å². The van der Waals surface area contributed by atoms with Crippen molar-refractivity contribution in [2.24, 2.45) is 0 Å². The molecule has 2 fully saturated rings. The number of hydrogen-bond acceptors (Lipinski definition) is 4. The van der Waals surface area contributed by atoms with Gasteiger partial charge in [0.05, 0.1) is 23.2 Å². The Labute approximate surface area is 219 Å². The number of benzene rings is 2. The molecule has 3 aromatic rings. The van der Waals surface area contributed by atoms with Crippen LogP contribution in [-0.4, -0.2) is 51.6 Å². The first kappa shape index (κ1) is 23.5. The van der Waals surface area contributed by atoms with Crippen molar-refractivity contribution >= 4 is 44.3 Å². The molecular weight excluding hydrogens is 520 g/mol. The molecule has 7 nitrogen and oxygen atoms in total. The van der Waals surface area contributed by atoms with Crippen LogP contribution in [0.1, 0.15) is 57.9 Å². The fourth-order valence-corrected chi connectivity index (χ4v) is 7.22. The zero-order valence-corrected chi connectivity index (χ0v) is 22.3. The summed E-state index contributed by atoms with van der Waals surface area (Å²) in [6.45, 7) is 5.08. The molecule has 1 saturated heterocycles. The van der Waals surface area contributed by atoms with Crippen LogP contribution in [0.25, 0.3) is 10.9 Å². The van der Waals surface area contributed by atoms with Crippen LogP contribution in [0, 0.1) is 0 Å². The lowest BCUT2D eigenvalue weighted by atomic mass is 9.69. The van der Waals surface area contributed by atoms with Gasteiger partial charge in [-0.15, -0.1) is 0 Å². The Hall–Kier alpha value is -2.87. The van der Waals surface area contributed by atoms with E-state index < -0.39 is 5.41 Å². The van der Waals surface area contributed by atoms with Crippen LogP contribution in [0.15, 0.2) is 47.1 Å². The third-order valence-electron chi connectivity index (χ3n) is 8.41. The molecule has 3 heterocycles. The zero-order chi connectivity index (χ0) is 25.1. The molecule has 6 rings (SSSR count). The number of H-pyrrole nitrogens is 1. The molecule has 0 bridgehead atoms. The van der Waals surface area contributed by atoms with Crippen LogP contribution >= 0.6 is 15.9 Å². The van der Waals surface area contributed by atoms with E-state index in [0.29, 0.717) is 12.8 Å². The first-order valence-corrected chi connectivity index (χ1v) is 13.6. The number of rotatable bonds is 4. The maximum absolute atomic E-state index is 14.1. The number of halogens is 1. The highest BCUT2D eigenvalue weighted by molar-refractivity contribution is 9.10.